The molecule has 0 saturated carbocycles. The monoisotopic (exact) mass is 452 g/mol. The Labute approximate surface area is 183 Å². The van der Waals surface area contributed by atoms with Crippen LogP contribution in [-0.4, -0.2) is 41.9 Å². The van der Waals surface area contributed by atoms with Crippen LogP contribution in [0.2, 0.25) is 0 Å². The van der Waals surface area contributed by atoms with Crippen LogP contribution in [0.15, 0.2) is 59.5 Å². The second kappa shape index (κ2) is 7.71. The van der Waals surface area contributed by atoms with E-state index in [2.05, 4.69) is 4.98 Å². The van der Waals surface area contributed by atoms with Crippen LogP contribution in [0.5, 0.6) is 0 Å². The number of hydrogen-bond donors (Lipinski definition) is 1. The molecule has 158 valence electrons. The van der Waals surface area contributed by atoms with Crippen molar-refractivity contribution >= 4 is 48.3 Å². The highest BCUT2D eigenvalue weighted by Gasteiger charge is 2.27. The summed E-state index contributed by atoms with van der Waals surface area (Å²) in [5.74, 6) is -1.11. The molecule has 0 bridgehead atoms. The molecule has 2 aromatic heterocycles. The molecule has 8 heteroatoms. The van der Waals surface area contributed by atoms with Gasteiger partial charge in [-0.25, -0.2) is 18.2 Å². The van der Waals surface area contributed by atoms with Crippen LogP contribution in [0.3, 0.4) is 0 Å². The minimum Gasteiger partial charge on any atom is -0.478 e. The summed E-state index contributed by atoms with van der Waals surface area (Å²) < 4.78 is 28.7. The van der Waals surface area contributed by atoms with E-state index in [9.17, 15) is 18.3 Å². The van der Waals surface area contributed by atoms with Crippen molar-refractivity contribution in [1.29, 1.82) is 0 Å². The maximum absolute atomic E-state index is 13.1. The van der Waals surface area contributed by atoms with Gasteiger partial charge in [-0.15, -0.1) is 11.3 Å². The predicted octanol–water partition coefficient (Wildman–Crippen LogP) is 4.99. The van der Waals surface area contributed by atoms with Gasteiger partial charge in [-0.1, -0.05) is 24.6 Å². The lowest BCUT2D eigenvalue weighted by atomic mass is 10.1. The molecule has 1 fully saturated rings. The smallest absolute Gasteiger partial charge is 0.336 e. The van der Waals surface area contributed by atoms with Gasteiger partial charge in [0.1, 0.15) is 0 Å². The molecular weight excluding hydrogens is 432 g/mol. The molecule has 0 amide bonds. The zero-order valence-electron chi connectivity index (χ0n) is 16.6. The van der Waals surface area contributed by atoms with E-state index in [4.69, 9.17) is 0 Å². The number of carboxylic acid groups (broad SMARTS) is 1. The number of hydrogen-bond acceptors (Lipinski definition) is 5. The van der Waals surface area contributed by atoms with Crippen molar-refractivity contribution < 1.29 is 18.3 Å². The molecule has 2 aromatic carbocycles. The van der Waals surface area contributed by atoms with Gasteiger partial charge in [-0.3, -0.25) is 0 Å². The van der Waals surface area contributed by atoms with Crippen molar-refractivity contribution in [3.8, 4) is 10.6 Å². The Morgan fingerprint density at radius 2 is 1.77 bits per heavy atom. The summed E-state index contributed by atoms with van der Waals surface area (Å²) in [4.78, 5) is 17.7. The first-order valence-electron chi connectivity index (χ1n) is 10.1. The summed E-state index contributed by atoms with van der Waals surface area (Å²) in [6.45, 7) is 0.991. The summed E-state index contributed by atoms with van der Waals surface area (Å²) >= 11 is 1.55. The first-order valence-corrected chi connectivity index (χ1v) is 12.4. The highest BCUT2D eigenvalue weighted by molar-refractivity contribution is 7.89. The van der Waals surface area contributed by atoms with Crippen molar-refractivity contribution in [3.63, 3.8) is 0 Å². The number of thiophene rings is 1. The van der Waals surface area contributed by atoms with Crippen LogP contribution >= 0.6 is 11.3 Å². The number of benzene rings is 2. The molecule has 4 aromatic rings. The molecule has 1 N–H and O–H groups in total. The summed E-state index contributed by atoms with van der Waals surface area (Å²) in [5, 5.41) is 11.3. The van der Waals surface area contributed by atoms with E-state index in [0.717, 1.165) is 34.2 Å². The normalized spacial score (nSPS) is 15.5. The average Bonchev–Trinajstić information content (AvgIpc) is 3.23. The molecule has 31 heavy (non-hydrogen) atoms. The average molecular weight is 453 g/mol. The standard InChI is InChI=1S/C23H20N2O4S2/c26-23(27)18-14-20(22-12-15-6-2-3-7-21(15)30-22)24-19-9-8-16(13-17(18)19)31(28,29)25-10-4-1-5-11-25/h2-3,6-9,12-14H,1,4-5,10-11H2,(H,26,27). The van der Waals surface area contributed by atoms with Crippen LogP contribution < -0.4 is 0 Å². The van der Waals surface area contributed by atoms with E-state index >= 15 is 0 Å². The van der Waals surface area contributed by atoms with Crippen LogP contribution in [0.4, 0.5) is 0 Å². The third-order valence-corrected chi connectivity index (χ3v) is 8.67. The molecule has 0 aliphatic carbocycles. The Hall–Kier alpha value is -2.81. The summed E-state index contributed by atoms with van der Waals surface area (Å²) in [5.41, 5.74) is 1.08. The molecule has 0 radical (unpaired) electrons. The number of carboxylic acids is 1. The summed E-state index contributed by atoms with van der Waals surface area (Å²) in [7, 11) is -3.66. The molecule has 0 spiro atoms. The highest BCUT2D eigenvalue weighted by atomic mass is 32.2. The Bertz CT molecular complexity index is 1390. The number of fused-ring (bicyclic) bond motifs is 2. The minimum absolute atomic E-state index is 0.0492. The molecule has 6 nitrogen and oxygen atoms in total. The van der Waals surface area contributed by atoms with Gasteiger partial charge in [0, 0.05) is 23.2 Å². The number of aromatic nitrogens is 1. The Kier molecular flexibility index (Phi) is 5.00. The molecule has 0 atom stereocenters. The fourth-order valence-corrected chi connectivity index (χ4v) is 6.60. The predicted molar refractivity (Wildman–Crippen MR) is 122 cm³/mol. The third kappa shape index (κ3) is 3.60. The van der Waals surface area contributed by atoms with Crippen molar-refractivity contribution in [2.24, 2.45) is 0 Å². The van der Waals surface area contributed by atoms with E-state index in [1.807, 2.05) is 30.3 Å². The topological polar surface area (TPSA) is 87.6 Å². The Morgan fingerprint density at radius 3 is 2.52 bits per heavy atom. The van der Waals surface area contributed by atoms with Gasteiger partial charge >= 0.3 is 5.97 Å². The third-order valence-electron chi connectivity index (χ3n) is 5.64. The lowest BCUT2D eigenvalue weighted by Gasteiger charge is -2.26. The second-order valence-corrected chi connectivity index (χ2v) is 10.7. The second-order valence-electron chi connectivity index (χ2n) is 7.65. The maximum atomic E-state index is 13.1. The van der Waals surface area contributed by atoms with Crippen LogP contribution in [-0.2, 0) is 10.0 Å². The quantitative estimate of drug-likeness (QED) is 0.471. The van der Waals surface area contributed by atoms with Gasteiger partial charge in [-0.2, -0.15) is 4.31 Å². The maximum Gasteiger partial charge on any atom is 0.336 e. The lowest BCUT2D eigenvalue weighted by molar-refractivity contribution is 0.0699. The van der Waals surface area contributed by atoms with Crippen molar-refractivity contribution in [3.05, 3.63) is 60.2 Å². The minimum atomic E-state index is -3.66. The molecule has 1 aliphatic rings. The summed E-state index contributed by atoms with van der Waals surface area (Å²) in [6, 6.07) is 16.1. The SMILES string of the molecule is O=C(O)c1cc(-c2cc3ccccc3s2)nc2ccc(S(=O)(=O)N3CCCCC3)cc12. The summed E-state index contributed by atoms with van der Waals surface area (Å²) in [6.07, 6.45) is 2.71. The highest BCUT2D eigenvalue weighted by Crippen LogP contribution is 2.35. The molecular formula is C23H20N2O4S2. The number of rotatable bonds is 4. The van der Waals surface area contributed by atoms with Crippen LogP contribution in [0.1, 0.15) is 29.6 Å². The Morgan fingerprint density at radius 1 is 1.00 bits per heavy atom. The zero-order chi connectivity index (χ0) is 21.6. The number of pyridine rings is 1. The number of sulfonamides is 1. The van der Waals surface area contributed by atoms with E-state index in [1.165, 1.54) is 22.5 Å². The van der Waals surface area contributed by atoms with Gasteiger partial charge < -0.3 is 5.11 Å². The fraction of sp³-hybridized carbons (Fsp3) is 0.217. The van der Waals surface area contributed by atoms with Gasteiger partial charge in [-0.05, 0) is 54.6 Å². The molecule has 1 aliphatic heterocycles. The molecule has 3 heterocycles. The van der Waals surface area contributed by atoms with E-state index in [0.29, 0.717) is 29.7 Å². The number of aromatic carboxylic acids is 1. The van der Waals surface area contributed by atoms with Crippen LogP contribution in [0, 0.1) is 0 Å². The first kappa shape index (κ1) is 20.1. The first-order chi connectivity index (χ1) is 14.9. The van der Waals surface area contributed by atoms with Gasteiger partial charge in [0.15, 0.2) is 0 Å². The van der Waals surface area contributed by atoms with Crippen molar-refractivity contribution in [2.75, 3.05) is 13.1 Å². The van der Waals surface area contributed by atoms with Crippen molar-refractivity contribution in [1.82, 2.24) is 9.29 Å². The molecule has 0 unspecified atom stereocenters. The van der Waals surface area contributed by atoms with Crippen LogP contribution in [0.25, 0.3) is 31.6 Å². The zero-order valence-corrected chi connectivity index (χ0v) is 18.2. The van der Waals surface area contributed by atoms with E-state index < -0.39 is 16.0 Å². The molecule has 5 rings (SSSR count). The van der Waals surface area contributed by atoms with E-state index in [1.54, 1.807) is 17.4 Å². The number of carbonyl (C=O) groups is 1. The fourth-order valence-electron chi connectivity index (χ4n) is 4.03. The largest absolute Gasteiger partial charge is 0.478 e. The molecule has 1 saturated heterocycles. The van der Waals surface area contributed by atoms with Gasteiger partial charge in [0.2, 0.25) is 10.0 Å². The Balaban J connectivity index is 1.64. The lowest BCUT2D eigenvalue weighted by Crippen LogP contribution is -2.35. The number of piperidine rings is 1. The van der Waals surface area contributed by atoms with E-state index in [-0.39, 0.29) is 10.5 Å². The van der Waals surface area contributed by atoms with Gasteiger partial charge in [0.05, 0.1) is 26.5 Å². The number of nitrogens with zero attached hydrogens (tertiary/aromatic N) is 2. The van der Waals surface area contributed by atoms with Crippen molar-refractivity contribution in [2.45, 2.75) is 24.2 Å². The van der Waals surface area contributed by atoms with Gasteiger partial charge in [0.25, 0.3) is 0 Å².